The van der Waals surface area contributed by atoms with E-state index in [0.29, 0.717) is 31.5 Å². The number of esters is 1. The summed E-state index contributed by atoms with van der Waals surface area (Å²) in [6.45, 7) is 8.39. The number of nitrogens with zero attached hydrogens (tertiary/aromatic N) is 1. The number of aliphatic imine (C=N–C) groups is 1. The number of rotatable bonds is 7. The first-order valence-corrected chi connectivity index (χ1v) is 8.37. The van der Waals surface area contributed by atoms with E-state index in [4.69, 9.17) is 4.74 Å². The maximum absolute atomic E-state index is 12.5. The zero-order valence-corrected chi connectivity index (χ0v) is 14.9. The molecule has 0 spiro atoms. The molecule has 5 nitrogen and oxygen atoms in total. The molecule has 130 valence electrons. The number of Topliss-reactive ketones (excluding diaryl/α,β-unsaturated/α-hetero) is 1. The first-order chi connectivity index (χ1) is 10.8. The minimum absolute atomic E-state index is 0.148. The molecule has 1 rings (SSSR count). The van der Waals surface area contributed by atoms with E-state index >= 15 is 0 Å². The predicted octanol–water partition coefficient (Wildman–Crippen LogP) is 3.63. The average Bonchev–Trinajstić information content (AvgIpc) is 2.46. The van der Waals surface area contributed by atoms with Gasteiger partial charge in [0.15, 0.2) is 5.78 Å². The summed E-state index contributed by atoms with van der Waals surface area (Å²) in [4.78, 5) is 29.1. The maximum atomic E-state index is 12.5. The van der Waals surface area contributed by atoms with Crippen molar-refractivity contribution in [2.24, 2.45) is 16.3 Å². The zero-order chi connectivity index (χ0) is 17.6. The van der Waals surface area contributed by atoms with Crippen molar-refractivity contribution in [3.8, 4) is 0 Å². The number of ketones is 1. The summed E-state index contributed by atoms with van der Waals surface area (Å²) in [5.41, 5.74) is 0.315. The molecule has 0 amide bonds. The maximum Gasteiger partial charge on any atom is 0.316 e. The lowest BCUT2D eigenvalue weighted by molar-refractivity contribution is -0.149. The van der Waals surface area contributed by atoms with Crippen LogP contribution in [-0.2, 0) is 14.3 Å². The van der Waals surface area contributed by atoms with E-state index in [9.17, 15) is 14.7 Å². The molecule has 0 saturated carbocycles. The summed E-state index contributed by atoms with van der Waals surface area (Å²) < 4.78 is 4.83. The number of carbonyl (C=O) groups is 2. The molecule has 0 unspecified atom stereocenters. The summed E-state index contributed by atoms with van der Waals surface area (Å²) in [6.07, 6.45) is 3.44. The van der Waals surface area contributed by atoms with E-state index in [1.54, 1.807) is 0 Å². The third kappa shape index (κ3) is 4.43. The molecule has 0 aliphatic heterocycles. The van der Waals surface area contributed by atoms with Gasteiger partial charge in [-0.1, -0.05) is 34.1 Å². The molecule has 1 aliphatic carbocycles. The van der Waals surface area contributed by atoms with Crippen molar-refractivity contribution in [3.63, 3.8) is 0 Å². The fourth-order valence-electron chi connectivity index (χ4n) is 3.00. The molecule has 0 fully saturated rings. The first kappa shape index (κ1) is 19.4. The first-order valence-electron chi connectivity index (χ1n) is 8.37. The van der Waals surface area contributed by atoms with Gasteiger partial charge in [0.1, 0.15) is 11.7 Å². The normalized spacial score (nSPS) is 22.3. The monoisotopic (exact) mass is 323 g/mol. The molecule has 0 saturated heterocycles. The van der Waals surface area contributed by atoms with E-state index in [2.05, 4.69) is 11.9 Å². The van der Waals surface area contributed by atoms with Crippen LogP contribution in [0.3, 0.4) is 0 Å². The second kappa shape index (κ2) is 8.27. The van der Waals surface area contributed by atoms with Gasteiger partial charge in [0, 0.05) is 18.7 Å². The van der Waals surface area contributed by atoms with E-state index in [0.717, 1.165) is 12.8 Å². The minimum Gasteiger partial charge on any atom is -0.511 e. The Kier molecular flexibility index (Phi) is 6.98. The summed E-state index contributed by atoms with van der Waals surface area (Å²) in [6, 6.07) is 0. The standard InChI is InChI=1S/C18H29NO4/c1-6-8-10-19-12-11-18(3,4)15(17(22)23-5)16(21)14(12)13(20)9-7-2/h15,21H,6-11H2,1-5H3/t15-/m0/s1. The van der Waals surface area contributed by atoms with E-state index in [-0.39, 0.29) is 17.1 Å². The van der Waals surface area contributed by atoms with Gasteiger partial charge in [0.2, 0.25) is 0 Å². The zero-order valence-electron chi connectivity index (χ0n) is 14.9. The quantitative estimate of drug-likeness (QED) is 0.573. The minimum atomic E-state index is -0.826. The number of carbonyl (C=O) groups excluding carboxylic acids is 2. The molecule has 0 aromatic carbocycles. The van der Waals surface area contributed by atoms with Crippen LogP contribution in [0.2, 0.25) is 0 Å². The Labute approximate surface area is 138 Å². The van der Waals surface area contributed by atoms with Crippen LogP contribution in [-0.4, -0.2) is 36.2 Å². The third-order valence-corrected chi connectivity index (χ3v) is 4.23. The number of allylic oxidation sites excluding steroid dienone is 1. The fraction of sp³-hybridized carbons (Fsp3) is 0.722. The van der Waals surface area contributed by atoms with Gasteiger partial charge in [0.25, 0.3) is 0 Å². The Morgan fingerprint density at radius 2 is 1.96 bits per heavy atom. The molecule has 1 N–H and O–H groups in total. The van der Waals surface area contributed by atoms with Crippen molar-refractivity contribution < 1.29 is 19.4 Å². The lowest BCUT2D eigenvalue weighted by atomic mass is 9.67. The van der Waals surface area contributed by atoms with Crippen molar-refractivity contribution >= 4 is 17.5 Å². The largest absolute Gasteiger partial charge is 0.511 e. The average molecular weight is 323 g/mol. The number of unbranched alkanes of at least 4 members (excludes halogenated alkanes) is 1. The van der Waals surface area contributed by atoms with Gasteiger partial charge in [-0.3, -0.25) is 14.6 Å². The van der Waals surface area contributed by atoms with Crippen LogP contribution >= 0.6 is 0 Å². The Balaban J connectivity index is 3.37. The highest BCUT2D eigenvalue weighted by molar-refractivity contribution is 6.24. The van der Waals surface area contributed by atoms with Gasteiger partial charge in [-0.15, -0.1) is 0 Å². The molecule has 1 aliphatic rings. The van der Waals surface area contributed by atoms with Crippen LogP contribution in [0, 0.1) is 11.3 Å². The molecule has 0 aromatic rings. The molecule has 23 heavy (non-hydrogen) atoms. The summed E-state index contributed by atoms with van der Waals surface area (Å²) in [5.74, 6) is -1.67. The summed E-state index contributed by atoms with van der Waals surface area (Å²) >= 11 is 0. The molecule has 1 atom stereocenters. The molecule has 0 radical (unpaired) electrons. The SMILES string of the molecule is CCCCN=C1CC(C)(C)[C@H](C(=O)OC)C(O)=C1C(=O)CCC. The number of aliphatic hydroxyl groups is 1. The van der Waals surface area contributed by atoms with Gasteiger partial charge in [-0.25, -0.2) is 0 Å². The van der Waals surface area contributed by atoms with Gasteiger partial charge in [-0.2, -0.15) is 0 Å². The van der Waals surface area contributed by atoms with Crippen molar-refractivity contribution in [2.75, 3.05) is 13.7 Å². The smallest absolute Gasteiger partial charge is 0.316 e. The van der Waals surface area contributed by atoms with Crippen LogP contribution in [0.4, 0.5) is 0 Å². The highest BCUT2D eigenvalue weighted by atomic mass is 16.5. The summed E-state index contributed by atoms with van der Waals surface area (Å²) in [5, 5.41) is 10.7. The molecule has 5 heteroatoms. The Hall–Kier alpha value is -1.65. The Morgan fingerprint density at radius 1 is 1.30 bits per heavy atom. The third-order valence-electron chi connectivity index (χ3n) is 4.23. The summed E-state index contributed by atoms with van der Waals surface area (Å²) in [7, 11) is 1.30. The highest BCUT2D eigenvalue weighted by Crippen LogP contribution is 2.43. The van der Waals surface area contributed by atoms with Crippen molar-refractivity contribution in [3.05, 3.63) is 11.3 Å². The van der Waals surface area contributed by atoms with Crippen LogP contribution in [0.15, 0.2) is 16.3 Å². The van der Waals surface area contributed by atoms with Crippen LogP contribution in [0.1, 0.15) is 59.8 Å². The fourth-order valence-corrected chi connectivity index (χ4v) is 3.00. The van der Waals surface area contributed by atoms with Crippen molar-refractivity contribution in [2.45, 2.75) is 59.8 Å². The van der Waals surface area contributed by atoms with Gasteiger partial charge in [0.05, 0.1) is 12.7 Å². The molecular formula is C18H29NO4. The van der Waals surface area contributed by atoms with E-state index in [1.165, 1.54) is 7.11 Å². The number of aliphatic hydroxyl groups excluding tert-OH is 1. The number of hydrogen-bond acceptors (Lipinski definition) is 5. The lowest BCUT2D eigenvalue weighted by Crippen LogP contribution is -2.42. The molecule has 0 heterocycles. The van der Waals surface area contributed by atoms with Gasteiger partial charge in [-0.05, 0) is 24.7 Å². The van der Waals surface area contributed by atoms with E-state index < -0.39 is 17.3 Å². The second-order valence-corrected chi connectivity index (χ2v) is 6.74. The highest BCUT2D eigenvalue weighted by Gasteiger charge is 2.47. The van der Waals surface area contributed by atoms with E-state index in [1.807, 2.05) is 20.8 Å². The van der Waals surface area contributed by atoms with Gasteiger partial charge >= 0.3 is 5.97 Å². The number of ether oxygens (including phenoxy) is 1. The van der Waals surface area contributed by atoms with Crippen molar-refractivity contribution in [1.82, 2.24) is 0 Å². The lowest BCUT2D eigenvalue weighted by Gasteiger charge is -2.37. The number of hydrogen-bond donors (Lipinski definition) is 1. The molecular weight excluding hydrogens is 294 g/mol. The topological polar surface area (TPSA) is 76.0 Å². The molecule has 0 bridgehead atoms. The van der Waals surface area contributed by atoms with Crippen molar-refractivity contribution in [1.29, 1.82) is 0 Å². The second-order valence-electron chi connectivity index (χ2n) is 6.74. The Morgan fingerprint density at radius 3 is 2.48 bits per heavy atom. The van der Waals surface area contributed by atoms with Crippen LogP contribution in [0.5, 0.6) is 0 Å². The van der Waals surface area contributed by atoms with Gasteiger partial charge < -0.3 is 9.84 Å². The number of methoxy groups -OCH3 is 1. The Bertz CT molecular complexity index is 517. The van der Waals surface area contributed by atoms with Crippen LogP contribution in [0.25, 0.3) is 0 Å². The predicted molar refractivity (Wildman–Crippen MR) is 90.7 cm³/mol. The molecule has 0 aromatic heterocycles. The van der Waals surface area contributed by atoms with Crippen LogP contribution < -0.4 is 0 Å².